The molecule has 0 bridgehead atoms. The number of unbranched alkanes of at least 4 members (excludes halogenated alkanes) is 1. The molecule has 0 heterocycles. The SMILES string of the molecule is CCCCON([O-])C1(C[C@@H](C)CO)CC1. The van der Waals surface area contributed by atoms with E-state index in [1.165, 1.54) is 0 Å². The van der Waals surface area contributed by atoms with Gasteiger partial charge in [-0.2, -0.15) is 0 Å². The third-order valence-corrected chi connectivity index (χ3v) is 2.96. The zero-order valence-electron chi connectivity index (χ0n) is 9.74. The summed E-state index contributed by atoms with van der Waals surface area (Å²) in [6, 6.07) is 0. The number of aliphatic hydroxyl groups excluding tert-OH is 1. The van der Waals surface area contributed by atoms with Crippen molar-refractivity contribution < 1.29 is 9.94 Å². The van der Waals surface area contributed by atoms with E-state index in [1.807, 2.05) is 6.92 Å². The van der Waals surface area contributed by atoms with Gasteiger partial charge in [0.2, 0.25) is 0 Å². The van der Waals surface area contributed by atoms with Gasteiger partial charge in [-0.05, 0) is 31.6 Å². The van der Waals surface area contributed by atoms with Crippen LogP contribution >= 0.6 is 0 Å². The Morgan fingerprint density at radius 1 is 1.53 bits per heavy atom. The summed E-state index contributed by atoms with van der Waals surface area (Å²) in [5.41, 5.74) is -0.324. The van der Waals surface area contributed by atoms with E-state index in [0.29, 0.717) is 6.61 Å². The molecule has 1 fully saturated rings. The Kier molecular flexibility index (Phi) is 4.99. The number of nitrogens with zero attached hydrogens (tertiary/aromatic N) is 1. The molecule has 1 rings (SSSR count). The second kappa shape index (κ2) is 5.80. The number of rotatable bonds is 8. The monoisotopic (exact) mass is 216 g/mol. The van der Waals surface area contributed by atoms with Gasteiger partial charge in [0.25, 0.3) is 0 Å². The van der Waals surface area contributed by atoms with Crippen LogP contribution in [0.25, 0.3) is 0 Å². The molecule has 4 heteroatoms. The average Bonchev–Trinajstić information content (AvgIpc) is 2.99. The molecule has 1 saturated carbocycles. The summed E-state index contributed by atoms with van der Waals surface area (Å²) in [5.74, 6) is 0.179. The van der Waals surface area contributed by atoms with E-state index >= 15 is 0 Å². The van der Waals surface area contributed by atoms with Crippen LogP contribution in [0.5, 0.6) is 0 Å². The van der Waals surface area contributed by atoms with Crippen molar-refractivity contribution in [3.05, 3.63) is 5.21 Å². The maximum atomic E-state index is 11.7. The predicted octanol–water partition coefficient (Wildman–Crippen LogP) is 2.07. The molecule has 1 N–H and O–H groups in total. The first-order valence-corrected chi connectivity index (χ1v) is 5.86. The molecule has 0 aliphatic heterocycles. The van der Waals surface area contributed by atoms with Gasteiger partial charge in [0.05, 0.1) is 6.61 Å². The lowest BCUT2D eigenvalue weighted by atomic mass is 10.0. The minimum absolute atomic E-state index is 0.143. The molecule has 1 aliphatic rings. The number of aliphatic hydroxyl groups is 1. The third kappa shape index (κ3) is 3.72. The number of hydroxylamine groups is 2. The highest BCUT2D eigenvalue weighted by atomic mass is 16.9. The number of hydrogen-bond acceptors (Lipinski definition) is 4. The minimum Gasteiger partial charge on any atom is -0.762 e. The highest BCUT2D eigenvalue weighted by molar-refractivity contribution is 5.02. The fourth-order valence-corrected chi connectivity index (χ4v) is 1.75. The molecule has 1 atom stereocenters. The average molecular weight is 216 g/mol. The third-order valence-electron chi connectivity index (χ3n) is 2.96. The van der Waals surface area contributed by atoms with Gasteiger partial charge in [-0.15, -0.1) is 0 Å². The van der Waals surface area contributed by atoms with Crippen molar-refractivity contribution in [1.82, 2.24) is 5.23 Å². The smallest absolute Gasteiger partial charge is 0.0673 e. The lowest BCUT2D eigenvalue weighted by Crippen LogP contribution is -2.34. The topological polar surface area (TPSA) is 55.8 Å². The summed E-state index contributed by atoms with van der Waals surface area (Å²) in [4.78, 5) is 5.15. The summed E-state index contributed by atoms with van der Waals surface area (Å²) >= 11 is 0. The Morgan fingerprint density at radius 2 is 2.20 bits per heavy atom. The van der Waals surface area contributed by atoms with E-state index in [0.717, 1.165) is 37.3 Å². The zero-order valence-corrected chi connectivity index (χ0v) is 9.74. The van der Waals surface area contributed by atoms with E-state index < -0.39 is 0 Å². The van der Waals surface area contributed by atoms with Crippen LogP contribution in [0, 0.1) is 11.1 Å². The van der Waals surface area contributed by atoms with E-state index in [9.17, 15) is 5.21 Å². The van der Waals surface area contributed by atoms with Crippen molar-refractivity contribution in [1.29, 1.82) is 0 Å². The van der Waals surface area contributed by atoms with Crippen LogP contribution < -0.4 is 0 Å². The van der Waals surface area contributed by atoms with E-state index in [2.05, 4.69) is 6.92 Å². The Labute approximate surface area is 91.8 Å². The van der Waals surface area contributed by atoms with E-state index in [1.54, 1.807) is 0 Å². The van der Waals surface area contributed by atoms with Crippen molar-refractivity contribution in [2.45, 2.75) is 51.5 Å². The fourth-order valence-electron chi connectivity index (χ4n) is 1.75. The van der Waals surface area contributed by atoms with Crippen LogP contribution in [-0.4, -0.2) is 29.1 Å². The Bertz CT molecular complexity index is 183. The summed E-state index contributed by atoms with van der Waals surface area (Å²) < 4.78 is 0. The molecule has 4 nitrogen and oxygen atoms in total. The fraction of sp³-hybridized carbons (Fsp3) is 1.00. The van der Waals surface area contributed by atoms with E-state index in [-0.39, 0.29) is 18.1 Å². The van der Waals surface area contributed by atoms with E-state index in [4.69, 9.17) is 9.94 Å². The van der Waals surface area contributed by atoms with Gasteiger partial charge in [-0.25, -0.2) is 0 Å². The normalized spacial score (nSPS) is 20.6. The summed E-state index contributed by atoms with van der Waals surface area (Å²) in [7, 11) is 0. The second-order valence-electron chi connectivity index (χ2n) is 4.66. The first kappa shape index (κ1) is 12.9. The molecule has 0 saturated heterocycles. The molecule has 15 heavy (non-hydrogen) atoms. The quantitative estimate of drug-likeness (QED) is 0.498. The highest BCUT2D eigenvalue weighted by Gasteiger charge is 2.45. The highest BCUT2D eigenvalue weighted by Crippen LogP contribution is 2.46. The molecule has 0 aromatic carbocycles. The zero-order chi connectivity index (χ0) is 11.3. The van der Waals surface area contributed by atoms with Crippen LogP contribution in [-0.2, 0) is 4.84 Å². The molecule has 0 aromatic heterocycles. The molecule has 0 radical (unpaired) electrons. The number of hydrogen-bond donors (Lipinski definition) is 1. The lowest BCUT2D eigenvalue weighted by molar-refractivity contribution is -0.163. The standard InChI is InChI=1S/C11H22NO3/c1-3-4-7-15-12(14)11(5-6-11)8-10(2)9-13/h10,13H,3-9H2,1-2H3/q-1/t10-/m1/s1. The van der Waals surface area contributed by atoms with Crippen molar-refractivity contribution in [3.63, 3.8) is 0 Å². The van der Waals surface area contributed by atoms with Gasteiger partial charge in [0, 0.05) is 12.1 Å². The van der Waals surface area contributed by atoms with Crippen LogP contribution in [0.3, 0.4) is 0 Å². The Hall–Kier alpha value is -0.160. The van der Waals surface area contributed by atoms with Gasteiger partial charge in [-0.3, -0.25) is 5.23 Å². The maximum absolute atomic E-state index is 11.7. The van der Waals surface area contributed by atoms with Crippen LogP contribution in [0.4, 0.5) is 0 Å². The summed E-state index contributed by atoms with van der Waals surface area (Å²) in [6.07, 6.45) is 4.48. The summed E-state index contributed by atoms with van der Waals surface area (Å²) in [5, 5.41) is 21.4. The van der Waals surface area contributed by atoms with Gasteiger partial charge in [0.15, 0.2) is 0 Å². The molecular formula is C11H22NO3-. The van der Waals surface area contributed by atoms with Crippen LogP contribution in [0.1, 0.15) is 46.0 Å². The molecule has 1 aliphatic carbocycles. The molecule has 90 valence electrons. The molecular weight excluding hydrogens is 194 g/mol. The minimum atomic E-state index is -0.324. The van der Waals surface area contributed by atoms with Gasteiger partial charge in [0.1, 0.15) is 0 Å². The Morgan fingerprint density at radius 3 is 2.67 bits per heavy atom. The first-order valence-electron chi connectivity index (χ1n) is 5.86. The van der Waals surface area contributed by atoms with Crippen LogP contribution in [0.2, 0.25) is 0 Å². The molecule has 0 spiro atoms. The largest absolute Gasteiger partial charge is 0.762 e. The van der Waals surface area contributed by atoms with Gasteiger partial charge in [-0.1, -0.05) is 20.3 Å². The first-order chi connectivity index (χ1) is 7.14. The maximum Gasteiger partial charge on any atom is 0.0673 e. The predicted molar refractivity (Wildman–Crippen MR) is 58.9 cm³/mol. The Balaban J connectivity index is 2.27. The van der Waals surface area contributed by atoms with Gasteiger partial charge >= 0.3 is 0 Å². The second-order valence-corrected chi connectivity index (χ2v) is 4.66. The van der Waals surface area contributed by atoms with Crippen LogP contribution in [0.15, 0.2) is 0 Å². The van der Waals surface area contributed by atoms with Crippen molar-refractivity contribution in [2.24, 2.45) is 5.92 Å². The van der Waals surface area contributed by atoms with Crippen molar-refractivity contribution in [2.75, 3.05) is 13.2 Å². The van der Waals surface area contributed by atoms with Crippen molar-refractivity contribution in [3.8, 4) is 0 Å². The molecule has 0 aromatic rings. The molecule has 0 amide bonds. The molecule has 0 unspecified atom stereocenters. The summed E-state index contributed by atoms with van der Waals surface area (Å²) in [6.45, 7) is 4.68. The van der Waals surface area contributed by atoms with Gasteiger partial charge < -0.3 is 15.2 Å². The lowest BCUT2D eigenvalue weighted by Gasteiger charge is -2.37. The van der Waals surface area contributed by atoms with Crippen molar-refractivity contribution >= 4 is 0 Å².